The highest BCUT2D eigenvalue weighted by atomic mass is 16.3. The van der Waals surface area contributed by atoms with Crippen molar-refractivity contribution in [2.75, 3.05) is 26.2 Å². The van der Waals surface area contributed by atoms with Crippen molar-refractivity contribution in [1.82, 2.24) is 9.80 Å². The van der Waals surface area contributed by atoms with Gasteiger partial charge in [0.25, 0.3) is 0 Å². The maximum atomic E-state index is 13.1. The van der Waals surface area contributed by atoms with Gasteiger partial charge in [-0.25, -0.2) is 0 Å². The molecule has 1 saturated carbocycles. The molecule has 1 N–H and O–H groups in total. The maximum Gasteiger partial charge on any atom is 0.230 e. The predicted octanol–water partition coefficient (Wildman–Crippen LogP) is 2.16. The van der Waals surface area contributed by atoms with Crippen LogP contribution < -0.4 is 0 Å². The smallest absolute Gasteiger partial charge is 0.230 e. The number of piperidine rings is 2. The van der Waals surface area contributed by atoms with Gasteiger partial charge in [0.15, 0.2) is 0 Å². The van der Waals surface area contributed by atoms with Crippen molar-refractivity contribution in [3.05, 3.63) is 35.9 Å². The Kier molecular flexibility index (Phi) is 4.74. The Balaban J connectivity index is 1.53. The number of rotatable bonds is 4. The molecule has 2 heterocycles. The zero-order valence-corrected chi connectivity index (χ0v) is 15.3. The zero-order valence-electron chi connectivity index (χ0n) is 15.3. The highest BCUT2D eigenvalue weighted by Crippen LogP contribution is 2.48. The van der Waals surface area contributed by atoms with Gasteiger partial charge in [-0.3, -0.25) is 9.59 Å². The number of hydrogen-bond acceptors (Lipinski definition) is 3. The van der Waals surface area contributed by atoms with Crippen LogP contribution in [0.4, 0.5) is 0 Å². The molecule has 1 spiro atoms. The molecule has 1 aromatic rings. The summed E-state index contributed by atoms with van der Waals surface area (Å²) >= 11 is 0. The van der Waals surface area contributed by atoms with E-state index in [0.29, 0.717) is 11.9 Å². The third-order valence-electron chi connectivity index (χ3n) is 6.42. The highest BCUT2D eigenvalue weighted by molar-refractivity contribution is 5.85. The molecule has 140 valence electrons. The van der Waals surface area contributed by atoms with E-state index in [-0.39, 0.29) is 30.3 Å². The van der Waals surface area contributed by atoms with Gasteiger partial charge in [-0.05, 0) is 43.1 Å². The van der Waals surface area contributed by atoms with Crippen molar-refractivity contribution in [3.8, 4) is 0 Å². The molecular weight excluding hydrogens is 328 g/mol. The quantitative estimate of drug-likeness (QED) is 0.899. The van der Waals surface area contributed by atoms with Crippen molar-refractivity contribution in [3.63, 3.8) is 0 Å². The second kappa shape index (κ2) is 7.03. The first-order chi connectivity index (χ1) is 12.6. The predicted molar refractivity (Wildman–Crippen MR) is 98.5 cm³/mol. The number of carbonyl (C=O) groups is 2. The first-order valence-electron chi connectivity index (χ1n) is 9.86. The summed E-state index contributed by atoms with van der Waals surface area (Å²) < 4.78 is 0. The standard InChI is InChI=1S/C21H28N2O3/c24-13-8-19(25)22-11-9-21(10-12-22)14-18(16-4-2-1-3-5-16)20(26)23(15-21)17-6-7-17/h1-5,17-18,24H,6-15H2/t18-/m0/s1. The van der Waals surface area contributed by atoms with E-state index in [1.54, 1.807) is 0 Å². The van der Waals surface area contributed by atoms with E-state index in [9.17, 15) is 9.59 Å². The number of aliphatic hydroxyl groups is 1. The van der Waals surface area contributed by atoms with Crippen LogP contribution >= 0.6 is 0 Å². The van der Waals surface area contributed by atoms with Gasteiger partial charge in [0.05, 0.1) is 12.5 Å². The SMILES string of the molecule is O=C(CCO)N1CCC2(CC1)C[C@@H](c1ccccc1)C(=O)N(C1CC1)C2. The number of aliphatic hydroxyl groups excluding tert-OH is 1. The summed E-state index contributed by atoms with van der Waals surface area (Å²) in [5.41, 5.74) is 1.24. The molecule has 0 radical (unpaired) electrons. The van der Waals surface area contributed by atoms with E-state index in [0.717, 1.165) is 57.3 Å². The summed E-state index contributed by atoms with van der Waals surface area (Å²) in [6, 6.07) is 10.6. The maximum absolute atomic E-state index is 13.1. The summed E-state index contributed by atoms with van der Waals surface area (Å²) in [5, 5.41) is 9.01. The van der Waals surface area contributed by atoms with Crippen LogP contribution in [-0.4, -0.2) is 59.0 Å². The van der Waals surface area contributed by atoms with Gasteiger partial charge in [0, 0.05) is 32.1 Å². The summed E-state index contributed by atoms with van der Waals surface area (Å²) in [4.78, 5) is 29.2. The van der Waals surface area contributed by atoms with Crippen molar-refractivity contribution in [1.29, 1.82) is 0 Å². The lowest BCUT2D eigenvalue weighted by Crippen LogP contribution is -2.55. The molecule has 3 aliphatic rings. The average Bonchev–Trinajstić information content (AvgIpc) is 3.50. The average molecular weight is 356 g/mol. The van der Waals surface area contributed by atoms with Crippen molar-refractivity contribution in [2.24, 2.45) is 5.41 Å². The van der Waals surface area contributed by atoms with Gasteiger partial charge < -0.3 is 14.9 Å². The Labute approximate surface area is 155 Å². The molecule has 1 atom stereocenters. The van der Waals surface area contributed by atoms with E-state index in [1.165, 1.54) is 0 Å². The van der Waals surface area contributed by atoms with Gasteiger partial charge in [-0.15, -0.1) is 0 Å². The van der Waals surface area contributed by atoms with Crippen LogP contribution in [0.15, 0.2) is 30.3 Å². The third kappa shape index (κ3) is 3.37. The minimum Gasteiger partial charge on any atom is -0.396 e. The fraction of sp³-hybridized carbons (Fsp3) is 0.619. The molecule has 2 saturated heterocycles. The minimum absolute atomic E-state index is 0.0490. The van der Waals surface area contributed by atoms with E-state index in [2.05, 4.69) is 17.0 Å². The van der Waals surface area contributed by atoms with Crippen molar-refractivity contribution >= 4 is 11.8 Å². The largest absolute Gasteiger partial charge is 0.396 e. The molecule has 5 heteroatoms. The molecular formula is C21H28N2O3. The summed E-state index contributed by atoms with van der Waals surface area (Å²) in [6.07, 6.45) is 5.26. The van der Waals surface area contributed by atoms with Gasteiger partial charge in [0.1, 0.15) is 0 Å². The Hall–Kier alpha value is -1.88. The van der Waals surface area contributed by atoms with Crippen molar-refractivity contribution < 1.29 is 14.7 Å². The third-order valence-corrected chi connectivity index (χ3v) is 6.42. The molecule has 0 unspecified atom stereocenters. The second-order valence-electron chi connectivity index (χ2n) is 8.22. The molecule has 0 aromatic heterocycles. The first kappa shape index (κ1) is 17.5. The molecule has 5 nitrogen and oxygen atoms in total. The van der Waals surface area contributed by atoms with Crippen molar-refractivity contribution in [2.45, 2.75) is 50.5 Å². The molecule has 0 bridgehead atoms. The number of carbonyl (C=O) groups excluding carboxylic acids is 2. The molecule has 1 aromatic carbocycles. The van der Waals surface area contributed by atoms with Gasteiger partial charge in [-0.2, -0.15) is 0 Å². The number of likely N-dealkylation sites (tertiary alicyclic amines) is 2. The normalized spacial score (nSPS) is 25.6. The van der Waals surface area contributed by atoms with Crippen LogP contribution in [0.5, 0.6) is 0 Å². The summed E-state index contributed by atoms with van der Waals surface area (Å²) in [5.74, 6) is 0.293. The molecule has 26 heavy (non-hydrogen) atoms. The fourth-order valence-corrected chi connectivity index (χ4v) is 4.71. The topological polar surface area (TPSA) is 60.9 Å². The number of hydrogen-bond donors (Lipinski definition) is 1. The highest BCUT2D eigenvalue weighted by Gasteiger charge is 2.49. The lowest BCUT2D eigenvalue weighted by molar-refractivity contribution is -0.145. The van der Waals surface area contributed by atoms with E-state index < -0.39 is 0 Å². The van der Waals surface area contributed by atoms with E-state index in [4.69, 9.17) is 5.11 Å². The van der Waals surface area contributed by atoms with Crippen LogP contribution in [-0.2, 0) is 9.59 Å². The van der Waals surface area contributed by atoms with Crippen LogP contribution in [0, 0.1) is 5.41 Å². The van der Waals surface area contributed by atoms with E-state index in [1.807, 2.05) is 23.1 Å². The Bertz CT molecular complexity index is 663. The molecule has 2 aliphatic heterocycles. The number of nitrogens with zero attached hydrogens (tertiary/aromatic N) is 2. The lowest BCUT2D eigenvalue weighted by Gasteiger charge is -2.50. The summed E-state index contributed by atoms with van der Waals surface area (Å²) in [6.45, 7) is 2.25. The molecule has 3 fully saturated rings. The Morgan fingerprint density at radius 3 is 2.46 bits per heavy atom. The van der Waals surface area contributed by atoms with Crippen LogP contribution in [0.3, 0.4) is 0 Å². The van der Waals surface area contributed by atoms with E-state index >= 15 is 0 Å². The second-order valence-corrected chi connectivity index (χ2v) is 8.22. The summed E-state index contributed by atoms with van der Waals surface area (Å²) in [7, 11) is 0. The Morgan fingerprint density at radius 1 is 1.15 bits per heavy atom. The molecule has 4 rings (SSSR count). The van der Waals surface area contributed by atoms with Gasteiger partial charge in [-0.1, -0.05) is 30.3 Å². The first-order valence-corrected chi connectivity index (χ1v) is 9.86. The van der Waals surface area contributed by atoms with Crippen LogP contribution in [0.1, 0.15) is 50.0 Å². The van der Waals surface area contributed by atoms with Gasteiger partial charge >= 0.3 is 0 Å². The van der Waals surface area contributed by atoms with Crippen LogP contribution in [0.25, 0.3) is 0 Å². The number of benzene rings is 1. The minimum atomic E-state index is -0.0828. The van der Waals surface area contributed by atoms with Gasteiger partial charge in [0.2, 0.25) is 11.8 Å². The van der Waals surface area contributed by atoms with Crippen LogP contribution in [0.2, 0.25) is 0 Å². The molecule has 2 amide bonds. The number of amides is 2. The monoisotopic (exact) mass is 356 g/mol. The lowest BCUT2D eigenvalue weighted by atomic mass is 9.67. The Morgan fingerprint density at radius 2 is 1.85 bits per heavy atom. The zero-order chi connectivity index (χ0) is 18.1. The molecule has 1 aliphatic carbocycles. The fourth-order valence-electron chi connectivity index (χ4n) is 4.71.